The van der Waals surface area contributed by atoms with E-state index < -0.39 is 0 Å². The maximum atomic E-state index is 12.4. The molecular weight excluding hydrogens is 282 g/mol. The first-order valence-electron chi connectivity index (χ1n) is 8.25. The predicted molar refractivity (Wildman–Crippen MR) is 79.1 cm³/mol. The molecule has 22 heavy (non-hydrogen) atoms. The lowest BCUT2D eigenvalue weighted by Crippen LogP contribution is -2.63. The van der Waals surface area contributed by atoms with Crippen molar-refractivity contribution >= 4 is 5.91 Å². The number of nitrogens with zero attached hydrogens (tertiary/aromatic N) is 5. The van der Waals surface area contributed by atoms with Gasteiger partial charge in [0.2, 0.25) is 0 Å². The third-order valence-electron chi connectivity index (χ3n) is 5.11. The number of rotatable bonds is 2. The number of carbonyl (C=O) groups is 1. The molecule has 0 N–H and O–H groups in total. The Hall–Kier alpha value is -1.47. The normalized spacial score (nSPS) is 26.6. The third-order valence-corrected chi connectivity index (χ3v) is 5.11. The number of carbonyl (C=O) groups excluding carboxylic acids is 1. The fraction of sp³-hybridized carbons (Fsp3) is 0.800. The monoisotopic (exact) mass is 305 g/mol. The van der Waals surface area contributed by atoms with E-state index in [2.05, 4.69) is 19.7 Å². The van der Waals surface area contributed by atoms with Crippen molar-refractivity contribution in [3.63, 3.8) is 0 Å². The van der Waals surface area contributed by atoms with Crippen molar-refractivity contribution in [1.82, 2.24) is 24.6 Å². The van der Waals surface area contributed by atoms with Gasteiger partial charge in [-0.15, -0.1) is 10.2 Å². The third kappa shape index (κ3) is 2.42. The number of likely N-dealkylation sites (tertiary alicyclic amines) is 1. The van der Waals surface area contributed by atoms with Crippen LogP contribution in [0.1, 0.15) is 30.9 Å². The Morgan fingerprint density at radius 3 is 2.86 bits per heavy atom. The molecule has 120 valence electrons. The number of amides is 1. The average molecular weight is 305 g/mol. The van der Waals surface area contributed by atoms with E-state index in [-0.39, 0.29) is 12.0 Å². The number of aromatic nitrogens is 3. The number of fused-ring (bicyclic) bond motifs is 1. The van der Waals surface area contributed by atoms with E-state index in [1.165, 1.54) is 0 Å². The molecule has 4 rings (SSSR count). The lowest BCUT2D eigenvalue weighted by Gasteiger charge is -2.47. The Morgan fingerprint density at radius 2 is 2.09 bits per heavy atom. The van der Waals surface area contributed by atoms with Crippen molar-refractivity contribution < 1.29 is 9.53 Å². The van der Waals surface area contributed by atoms with E-state index in [1.54, 1.807) is 0 Å². The van der Waals surface area contributed by atoms with Crippen molar-refractivity contribution in [2.24, 2.45) is 0 Å². The second kappa shape index (κ2) is 5.62. The van der Waals surface area contributed by atoms with E-state index >= 15 is 0 Å². The van der Waals surface area contributed by atoms with Gasteiger partial charge in [0.15, 0.2) is 0 Å². The molecule has 1 atom stereocenters. The van der Waals surface area contributed by atoms with Crippen LogP contribution in [-0.4, -0.2) is 68.9 Å². The van der Waals surface area contributed by atoms with E-state index in [9.17, 15) is 4.79 Å². The summed E-state index contributed by atoms with van der Waals surface area (Å²) < 4.78 is 7.79. The van der Waals surface area contributed by atoms with Crippen LogP contribution < -0.4 is 0 Å². The second-order valence-electron chi connectivity index (χ2n) is 6.54. The summed E-state index contributed by atoms with van der Waals surface area (Å²) in [5.41, 5.74) is 0. The molecule has 1 aromatic heterocycles. The van der Waals surface area contributed by atoms with Crippen LogP contribution in [0.25, 0.3) is 0 Å². The predicted octanol–water partition coefficient (Wildman–Crippen LogP) is 0.182. The zero-order chi connectivity index (χ0) is 15.1. The quantitative estimate of drug-likeness (QED) is 0.780. The molecule has 7 nitrogen and oxygen atoms in total. The van der Waals surface area contributed by atoms with Gasteiger partial charge in [0.1, 0.15) is 17.8 Å². The van der Waals surface area contributed by atoms with E-state index in [0.29, 0.717) is 6.04 Å². The van der Waals surface area contributed by atoms with Gasteiger partial charge in [0.05, 0.1) is 6.54 Å². The highest BCUT2D eigenvalue weighted by atomic mass is 16.5. The molecule has 1 aromatic rings. The van der Waals surface area contributed by atoms with E-state index in [0.717, 1.165) is 70.2 Å². The Balaban J connectivity index is 1.31. The van der Waals surface area contributed by atoms with Crippen molar-refractivity contribution in [1.29, 1.82) is 0 Å². The standard InChI is InChI=1S/C15H23N5O2/c1-11-16-17-14-10-18(5-6-20(11)14)12-8-19(9-12)15(21)13-4-2-3-7-22-13/h12-13H,2-10H2,1H3/t13-/m0/s1. The summed E-state index contributed by atoms with van der Waals surface area (Å²) in [6.07, 6.45) is 2.88. The number of ether oxygens (including phenoxy) is 1. The van der Waals surface area contributed by atoms with Crippen molar-refractivity contribution in [2.75, 3.05) is 26.2 Å². The average Bonchev–Trinajstić information content (AvgIpc) is 2.88. The molecule has 0 spiro atoms. The molecule has 0 bridgehead atoms. The zero-order valence-corrected chi connectivity index (χ0v) is 13.1. The van der Waals surface area contributed by atoms with Gasteiger partial charge in [0.25, 0.3) is 5.91 Å². The Kier molecular flexibility index (Phi) is 3.62. The summed E-state index contributed by atoms with van der Waals surface area (Å²) in [4.78, 5) is 16.7. The van der Waals surface area contributed by atoms with Crippen LogP contribution in [0.5, 0.6) is 0 Å². The van der Waals surface area contributed by atoms with Crippen molar-refractivity contribution in [3.05, 3.63) is 11.6 Å². The Morgan fingerprint density at radius 1 is 1.23 bits per heavy atom. The fourth-order valence-electron chi connectivity index (χ4n) is 3.64. The van der Waals surface area contributed by atoms with Crippen LogP contribution in [0.15, 0.2) is 0 Å². The molecule has 3 aliphatic heterocycles. The summed E-state index contributed by atoms with van der Waals surface area (Å²) >= 11 is 0. The smallest absolute Gasteiger partial charge is 0.251 e. The van der Waals surface area contributed by atoms with Gasteiger partial charge in [-0.05, 0) is 26.2 Å². The molecular formula is C15H23N5O2. The van der Waals surface area contributed by atoms with Crippen LogP contribution in [0.3, 0.4) is 0 Å². The number of hydrogen-bond acceptors (Lipinski definition) is 5. The lowest BCUT2D eigenvalue weighted by molar-refractivity contribution is -0.154. The molecule has 2 saturated heterocycles. The first-order valence-corrected chi connectivity index (χ1v) is 8.25. The molecule has 2 fully saturated rings. The van der Waals surface area contributed by atoms with E-state index in [4.69, 9.17) is 4.74 Å². The fourth-order valence-corrected chi connectivity index (χ4v) is 3.64. The van der Waals surface area contributed by atoms with Crippen LogP contribution in [0.2, 0.25) is 0 Å². The molecule has 7 heteroatoms. The molecule has 0 aromatic carbocycles. The summed E-state index contributed by atoms with van der Waals surface area (Å²) in [6, 6.07) is 0.457. The largest absolute Gasteiger partial charge is 0.368 e. The summed E-state index contributed by atoms with van der Waals surface area (Å²) in [5.74, 6) is 2.23. The van der Waals surface area contributed by atoms with Gasteiger partial charge < -0.3 is 14.2 Å². The van der Waals surface area contributed by atoms with Gasteiger partial charge >= 0.3 is 0 Å². The highest BCUT2D eigenvalue weighted by Crippen LogP contribution is 2.23. The van der Waals surface area contributed by atoms with Crippen molar-refractivity contribution in [2.45, 2.75) is 51.4 Å². The SMILES string of the molecule is Cc1nnc2n1CCN(C1CN(C(=O)[C@@H]3CCCCO3)C1)C2. The summed E-state index contributed by atoms with van der Waals surface area (Å²) in [5, 5.41) is 8.39. The number of aryl methyl sites for hydroxylation is 1. The van der Waals surface area contributed by atoms with Crippen molar-refractivity contribution in [3.8, 4) is 0 Å². The molecule has 0 radical (unpaired) electrons. The summed E-state index contributed by atoms with van der Waals surface area (Å²) in [7, 11) is 0. The van der Waals surface area contributed by atoms with Crippen LogP contribution >= 0.6 is 0 Å². The second-order valence-corrected chi connectivity index (χ2v) is 6.54. The lowest BCUT2D eigenvalue weighted by atomic mass is 10.0. The minimum Gasteiger partial charge on any atom is -0.368 e. The minimum absolute atomic E-state index is 0.187. The highest BCUT2D eigenvalue weighted by Gasteiger charge is 2.39. The molecule has 4 heterocycles. The first-order chi connectivity index (χ1) is 10.7. The molecule has 1 amide bonds. The molecule has 3 aliphatic rings. The Bertz CT molecular complexity index is 560. The first kappa shape index (κ1) is 14.1. The van der Waals surface area contributed by atoms with Crippen LogP contribution in [0.4, 0.5) is 0 Å². The number of hydrogen-bond donors (Lipinski definition) is 0. The maximum Gasteiger partial charge on any atom is 0.251 e. The Labute approximate surface area is 130 Å². The topological polar surface area (TPSA) is 63.5 Å². The van der Waals surface area contributed by atoms with Crippen LogP contribution in [0, 0.1) is 6.92 Å². The van der Waals surface area contributed by atoms with Crippen LogP contribution in [-0.2, 0) is 22.6 Å². The van der Waals surface area contributed by atoms with Gasteiger partial charge in [-0.1, -0.05) is 0 Å². The van der Waals surface area contributed by atoms with Gasteiger partial charge in [-0.2, -0.15) is 0 Å². The molecule has 0 aliphatic carbocycles. The van der Waals surface area contributed by atoms with Gasteiger partial charge in [-0.25, -0.2) is 0 Å². The maximum absolute atomic E-state index is 12.4. The van der Waals surface area contributed by atoms with E-state index in [1.807, 2.05) is 11.8 Å². The highest BCUT2D eigenvalue weighted by molar-refractivity contribution is 5.81. The van der Waals surface area contributed by atoms with Gasteiger partial charge in [0, 0.05) is 38.8 Å². The molecule has 0 unspecified atom stereocenters. The van der Waals surface area contributed by atoms with Gasteiger partial charge in [-0.3, -0.25) is 9.69 Å². The minimum atomic E-state index is -0.193. The molecule has 0 saturated carbocycles. The summed E-state index contributed by atoms with van der Waals surface area (Å²) in [6.45, 7) is 7.18. The zero-order valence-electron chi connectivity index (χ0n) is 13.1.